The molecule has 0 aliphatic carbocycles. The van der Waals surface area contributed by atoms with Crippen LogP contribution in [-0.4, -0.2) is 5.11 Å². The smallest absolute Gasteiger partial charge is 0.130 e. The first kappa shape index (κ1) is 13.0. The van der Waals surface area contributed by atoms with E-state index in [1.807, 2.05) is 11.4 Å². The van der Waals surface area contributed by atoms with E-state index in [1.54, 1.807) is 6.07 Å². The highest BCUT2D eigenvalue weighted by Crippen LogP contribution is 2.32. The first-order chi connectivity index (χ1) is 8.09. The Morgan fingerprint density at radius 1 is 1.41 bits per heavy atom. The summed E-state index contributed by atoms with van der Waals surface area (Å²) in [5.74, 6) is -0.474. The van der Waals surface area contributed by atoms with Crippen molar-refractivity contribution < 1.29 is 9.50 Å². The van der Waals surface area contributed by atoms with Gasteiger partial charge in [-0.25, -0.2) is 4.39 Å². The van der Waals surface area contributed by atoms with Crippen molar-refractivity contribution in [3.05, 3.63) is 55.4 Å². The van der Waals surface area contributed by atoms with E-state index in [-0.39, 0.29) is 10.6 Å². The second-order valence-electron chi connectivity index (χ2n) is 3.55. The van der Waals surface area contributed by atoms with Crippen LogP contribution in [0.1, 0.15) is 16.5 Å². The van der Waals surface area contributed by atoms with Crippen LogP contribution in [0.2, 0.25) is 5.02 Å². The number of rotatable bonds is 3. The van der Waals surface area contributed by atoms with Crippen LogP contribution in [0, 0.1) is 5.82 Å². The number of benzene rings is 1. The van der Waals surface area contributed by atoms with Crippen molar-refractivity contribution >= 4 is 38.9 Å². The Morgan fingerprint density at radius 3 is 2.76 bits per heavy atom. The van der Waals surface area contributed by atoms with Crippen molar-refractivity contribution in [1.82, 2.24) is 0 Å². The van der Waals surface area contributed by atoms with Gasteiger partial charge in [-0.2, -0.15) is 0 Å². The molecule has 1 unspecified atom stereocenters. The summed E-state index contributed by atoms with van der Waals surface area (Å²) in [5, 5.41) is 12.2. The molecular formula is C12H9BrClFOS. The lowest BCUT2D eigenvalue weighted by Crippen LogP contribution is -2.04. The van der Waals surface area contributed by atoms with Gasteiger partial charge in [0.15, 0.2) is 0 Å². The van der Waals surface area contributed by atoms with Gasteiger partial charge in [0, 0.05) is 26.4 Å². The van der Waals surface area contributed by atoms with Crippen LogP contribution < -0.4 is 0 Å². The molecular weight excluding hydrogens is 327 g/mol. The maximum Gasteiger partial charge on any atom is 0.130 e. The number of hydrogen-bond acceptors (Lipinski definition) is 2. The normalized spacial score (nSPS) is 12.7. The van der Waals surface area contributed by atoms with Crippen LogP contribution in [0.3, 0.4) is 0 Å². The van der Waals surface area contributed by atoms with Gasteiger partial charge in [0.25, 0.3) is 0 Å². The molecule has 0 saturated heterocycles. The quantitative estimate of drug-likeness (QED) is 0.870. The van der Waals surface area contributed by atoms with Gasteiger partial charge in [-0.05, 0) is 39.5 Å². The Labute approximate surface area is 116 Å². The van der Waals surface area contributed by atoms with Crippen molar-refractivity contribution in [2.75, 3.05) is 0 Å². The number of thiophene rings is 1. The van der Waals surface area contributed by atoms with Gasteiger partial charge in [0.2, 0.25) is 0 Å². The molecule has 2 aromatic rings. The summed E-state index contributed by atoms with van der Waals surface area (Å²) < 4.78 is 14.5. The third-order valence-corrected chi connectivity index (χ3v) is 4.68. The second kappa shape index (κ2) is 5.48. The largest absolute Gasteiger partial charge is 0.388 e. The zero-order valence-corrected chi connectivity index (χ0v) is 11.8. The molecule has 2 rings (SSSR count). The maximum atomic E-state index is 13.6. The summed E-state index contributed by atoms with van der Waals surface area (Å²) in [4.78, 5) is 0.969. The Morgan fingerprint density at radius 2 is 2.18 bits per heavy atom. The van der Waals surface area contributed by atoms with E-state index < -0.39 is 11.9 Å². The summed E-state index contributed by atoms with van der Waals surface area (Å²) in [5.41, 5.74) is 0.162. The van der Waals surface area contributed by atoms with Gasteiger partial charge in [-0.15, -0.1) is 11.3 Å². The highest BCUT2D eigenvalue weighted by atomic mass is 79.9. The van der Waals surface area contributed by atoms with Crippen LogP contribution in [0.4, 0.5) is 4.39 Å². The number of aliphatic hydroxyl groups is 1. The summed E-state index contributed by atoms with van der Waals surface area (Å²) in [6, 6.07) is 6.30. The van der Waals surface area contributed by atoms with Gasteiger partial charge in [0.1, 0.15) is 5.82 Å². The average Bonchev–Trinajstić information content (AvgIpc) is 2.64. The lowest BCUT2D eigenvalue weighted by molar-refractivity contribution is 0.174. The first-order valence-electron chi connectivity index (χ1n) is 4.93. The maximum absolute atomic E-state index is 13.6. The van der Waals surface area contributed by atoms with E-state index in [9.17, 15) is 9.50 Å². The molecule has 0 amide bonds. The predicted molar refractivity (Wildman–Crippen MR) is 72.1 cm³/mol. The molecule has 1 nitrogen and oxygen atoms in total. The van der Waals surface area contributed by atoms with Crippen molar-refractivity contribution in [3.63, 3.8) is 0 Å². The molecule has 0 aliphatic heterocycles. The third kappa shape index (κ3) is 2.88. The van der Waals surface area contributed by atoms with E-state index in [0.717, 1.165) is 9.35 Å². The zero-order chi connectivity index (χ0) is 12.4. The summed E-state index contributed by atoms with van der Waals surface area (Å²) in [6.07, 6.45) is -0.586. The highest BCUT2D eigenvalue weighted by Gasteiger charge is 2.18. The van der Waals surface area contributed by atoms with Crippen LogP contribution in [0.25, 0.3) is 0 Å². The topological polar surface area (TPSA) is 20.2 Å². The van der Waals surface area contributed by atoms with E-state index in [2.05, 4.69) is 15.9 Å². The van der Waals surface area contributed by atoms with Crippen molar-refractivity contribution in [2.24, 2.45) is 0 Å². The van der Waals surface area contributed by atoms with Gasteiger partial charge >= 0.3 is 0 Å². The zero-order valence-electron chi connectivity index (χ0n) is 8.66. The molecule has 0 saturated carbocycles. The lowest BCUT2D eigenvalue weighted by atomic mass is 10.1. The minimum absolute atomic E-state index is 0.162. The molecule has 1 N–H and O–H groups in total. The Balaban J connectivity index is 2.26. The fourth-order valence-electron chi connectivity index (χ4n) is 1.58. The number of halogens is 3. The summed E-state index contributed by atoms with van der Waals surface area (Å²) in [6.45, 7) is 0. The molecule has 0 spiro atoms. The molecule has 90 valence electrons. The minimum Gasteiger partial charge on any atom is -0.388 e. The SMILES string of the molecule is OC(Cc1sccc1Br)c1c(F)cccc1Cl. The molecule has 1 aromatic carbocycles. The van der Waals surface area contributed by atoms with Crippen molar-refractivity contribution in [2.45, 2.75) is 12.5 Å². The number of aliphatic hydroxyl groups excluding tert-OH is 1. The van der Waals surface area contributed by atoms with Gasteiger partial charge in [0.05, 0.1) is 6.10 Å². The molecule has 1 heterocycles. The van der Waals surface area contributed by atoms with E-state index in [4.69, 9.17) is 11.6 Å². The molecule has 0 fully saturated rings. The molecule has 0 aliphatic rings. The van der Waals surface area contributed by atoms with Crippen LogP contribution in [0.5, 0.6) is 0 Å². The highest BCUT2D eigenvalue weighted by molar-refractivity contribution is 9.10. The van der Waals surface area contributed by atoms with Crippen LogP contribution >= 0.6 is 38.9 Å². The fraction of sp³-hybridized carbons (Fsp3) is 0.167. The Kier molecular flexibility index (Phi) is 4.20. The van der Waals surface area contributed by atoms with Gasteiger partial charge in [-0.3, -0.25) is 0 Å². The summed E-state index contributed by atoms with van der Waals surface area (Å²) in [7, 11) is 0. The van der Waals surface area contributed by atoms with E-state index in [1.165, 1.54) is 23.5 Å². The van der Waals surface area contributed by atoms with Crippen molar-refractivity contribution in [1.29, 1.82) is 0 Å². The van der Waals surface area contributed by atoms with Crippen molar-refractivity contribution in [3.8, 4) is 0 Å². The van der Waals surface area contributed by atoms with Gasteiger partial charge in [-0.1, -0.05) is 17.7 Å². The summed E-state index contributed by atoms with van der Waals surface area (Å²) >= 11 is 10.8. The molecule has 1 aromatic heterocycles. The fourth-order valence-corrected chi connectivity index (χ4v) is 3.42. The second-order valence-corrected chi connectivity index (χ2v) is 5.81. The molecule has 0 bridgehead atoms. The standard InChI is InChI=1S/C12H9BrClFOS/c13-7-4-5-17-11(7)6-10(16)12-8(14)2-1-3-9(12)15/h1-5,10,16H,6H2. The molecule has 17 heavy (non-hydrogen) atoms. The predicted octanol–water partition coefficient (Wildman–Crippen LogP) is 4.58. The van der Waals surface area contributed by atoms with Gasteiger partial charge < -0.3 is 5.11 Å². The van der Waals surface area contributed by atoms with Crippen LogP contribution in [-0.2, 0) is 6.42 Å². The molecule has 5 heteroatoms. The van der Waals surface area contributed by atoms with E-state index >= 15 is 0 Å². The molecule has 0 radical (unpaired) electrons. The monoisotopic (exact) mass is 334 g/mol. The Hall–Kier alpha value is -0.420. The molecule has 1 atom stereocenters. The number of hydrogen-bond donors (Lipinski definition) is 1. The van der Waals surface area contributed by atoms with Crippen LogP contribution in [0.15, 0.2) is 34.1 Å². The minimum atomic E-state index is -0.932. The first-order valence-corrected chi connectivity index (χ1v) is 6.98. The van der Waals surface area contributed by atoms with E-state index in [0.29, 0.717) is 6.42 Å². The average molecular weight is 336 g/mol. The Bertz CT molecular complexity index is 509. The third-order valence-electron chi connectivity index (χ3n) is 2.40. The lowest BCUT2D eigenvalue weighted by Gasteiger charge is -2.13.